The Balaban J connectivity index is -0.00000123. The summed E-state index contributed by atoms with van der Waals surface area (Å²) in [6.45, 7) is 31.6. The summed E-state index contributed by atoms with van der Waals surface area (Å²) in [6, 6.07) is 1.58. The Morgan fingerprint density at radius 1 is 0.293 bits per heavy atom. The average molecular weight is 2240 g/mol. The minimum absolute atomic E-state index is 0. The molecule has 17 fully saturated rings. The molecule has 24 unspecified atom stereocenters. The van der Waals surface area contributed by atoms with Gasteiger partial charge in [-0.2, -0.15) is 0 Å². The monoisotopic (exact) mass is 2230 g/mol. The van der Waals surface area contributed by atoms with Gasteiger partial charge in [0.15, 0.2) is 0 Å². The van der Waals surface area contributed by atoms with Crippen molar-refractivity contribution in [2.45, 2.75) is 419 Å². The Morgan fingerprint density at radius 2 is 0.569 bits per heavy atom. The van der Waals surface area contributed by atoms with E-state index in [2.05, 4.69) is 121 Å². The van der Waals surface area contributed by atoms with Gasteiger partial charge in [0, 0.05) is 17.7 Å². The van der Waals surface area contributed by atoms with E-state index < -0.39 is 91.5 Å². The van der Waals surface area contributed by atoms with Crippen molar-refractivity contribution in [3.63, 3.8) is 0 Å². The molecule has 0 nitrogen and oxygen atoms in total. The summed E-state index contributed by atoms with van der Waals surface area (Å²) in [4.78, 5) is 1.75. The zero-order valence-electron chi connectivity index (χ0n) is 79.9. The van der Waals surface area contributed by atoms with Gasteiger partial charge in [0.05, 0.1) is 0 Å². The fourth-order valence-electron chi connectivity index (χ4n) is 28.0. The van der Waals surface area contributed by atoms with Crippen LogP contribution in [0, 0.1) is 225 Å². The Kier molecular flexibility index (Phi) is 76.5. The van der Waals surface area contributed by atoms with E-state index in [1.165, 1.54) is 242 Å². The van der Waals surface area contributed by atoms with Gasteiger partial charge >= 0.3 is 151 Å². The van der Waals surface area contributed by atoms with Gasteiger partial charge in [-0.15, -0.1) is 0 Å². The van der Waals surface area contributed by atoms with Crippen molar-refractivity contribution in [2.75, 3.05) is 0 Å². The molecular weight excluding hydrogens is 2050 g/mol. The molecule has 116 heavy (non-hydrogen) atoms. The summed E-state index contributed by atoms with van der Waals surface area (Å²) < 4.78 is 0. The Morgan fingerprint density at radius 3 is 0.897 bits per heavy atom. The van der Waals surface area contributed by atoms with Gasteiger partial charge in [-0.05, 0) is 287 Å². The first-order chi connectivity index (χ1) is 51.8. The third-order valence-corrected chi connectivity index (χ3v) is 36.5. The van der Waals surface area contributed by atoms with E-state index in [4.69, 9.17) is 68.1 Å². The maximum absolute atomic E-state index is 4.93. The first kappa shape index (κ1) is 127. The number of hydrogen-bond acceptors (Lipinski definition) is 0. The molecule has 0 aromatic heterocycles. The van der Waals surface area contributed by atoms with E-state index in [0.717, 1.165) is 146 Å². The van der Waals surface area contributed by atoms with Crippen LogP contribution in [0.25, 0.3) is 0 Å². The second-order valence-corrected chi connectivity index (χ2v) is 65.3. The predicted molar refractivity (Wildman–Crippen MR) is 531 cm³/mol. The van der Waals surface area contributed by atoms with Gasteiger partial charge in [0.25, 0.3) is 0 Å². The van der Waals surface area contributed by atoms with Crippen molar-refractivity contribution < 1.29 is 83.4 Å². The summed E-state index contributed by atoms with van der Waals surface area (Å²) in [7, 11) is 38.7. The average Bonchev–Trinajstić information content (AvgIpc) is 1.61. The first-order valence-corrected chi connectivity index (χ1v) is 77.8. The standard InChI is InChI=1S/C16H26.C14H24.2C13H21Br.C10H20.C9H20Si.2C9H18.8CH3.8ClH.4Zr/c1-10-7-13-9-12-3-2-4-14(12)16(11-5-6-11)15(13)8-10;1-9-6-12-8-11-4-3-5-13(11)10(2)14(12)7-9;2*1-8-5-10-7-9-3-2-4-11(9)13(14)12(10)6-8;2*1-10(2,3)8-9-6-4-5-7-9;2*1-2-3-6-9-7-4-5-8-9;;;;;;;;;;;;;;;;;;;;/h10-16H,2-9H2,1H3;9-14H,3-8H2,1-2H3;2*8-13H,2-7H2,1H3;2*9H,4-8H2,1-3H3;2*9H,2-8H2,1H3;8*1H3;8*1H;;;;/q;;;;;;;;8*-1;;;;;;;;;4*+4/p-8. The quantitative estimate of drug-likeness (QED) is 0.116. The Hall–Kier alpha value is 7.03. The number of fused-ring (bicyclic) bond motifs is 8. The van der Waals surface area contributed by atoms with Crippen molar-refractivity contribution in [1.29, 1.82) is 0 Å². The number of unbranched alkanes of at least 4 members (excludes halogenated alkanes) is 2. The fourth-order valence-corrected chi connectivity index (χ4v) is 32.8. The number of alkyl halides is 2. The molecule has 15 heteroatoms. The molecule has 24 atom stereocenters. The predicted octanol–water partition coefficient (Wildman–Crippen LogP) is 40.0. The van der Waals surface area contributed by atoms with Crippen LogP contribution in [0.5, 0.6) is 0 Å². The van der Waals surface area contributed by atoms with Crippen LogP contribution in [0.4, 0.5) is 0 Å². The molecule has 0 heterocycles. The minimum atomic E-state index is -0.826. The van der Waals surface area contributed by atoms with E-state index in [9.17, 15) is 0 Å². The van der Waals surface area contributed by atoms with Crippen LogP contribution in [0.15, 0.2) is 0 Å². The maximum atomic E-state index is 4.93. The van der Waals surface area contributed by atoms with E-state index in [0.29, 0.717) is 5.41 Å². The Labute approximate surface area is 824 Å². The molecule has 0 spiro atoms. The van der Waals surface area contributed by atoms with Crippen LogP contribution in [0.3, 0.4) is 0 Å². The van der Waals surface area contributed by atoms with Crippen molar-refractivity contribution in [3.8, 4) is 0 Å². The summed E-state index contributed by atoms with van der Waals surface area (Å²) in [5.74, 6) is 29.6. The first-order valence-electron chi connectivity index (χ1n) is 46.9. The van der Waals surface area contributed by atoms with Gasteiger partial charge in [0.1, 0.15) is 0 Å². The van der Waals surface area contributed by atoms with Gasteiger partial charge in [-0.25, -0.2) is 0 Å². The zero-order chi connectivity index (χ0) is 78.9. The fraction of sp³-hybridized carbons (Fsp3) is 0.921. The van der Waals surface area contributed by atoms with Crippen LogP contribution in [0.1, 0.15) is 384 Å². The molecule has 17 rings (SSSR count). The topological polar surface area (TPSA) is 0 Å². The molecule has 0 N–H and O–H groups in total. The van der Waals surface area contributed by atoms with Crippen molar-refractivity contribution in [3.05, 3.63) is 59.4 Å². The van der Waals surface area contributed by atoms with Crippen LogP contribution in [0.2, 0.25) is 25.7 Å². The van der Waals surface area contributed by atoms with Gasteiger partial charge < -0.3 is 59.4 Å². The van der Waals surface area contributed by atoms with E-state index >= 15 is 0 Å². The van der Waals surface area contributed by atoms with E-state index in [1.807, 2.05) is 0 Å². The summed E-state index contributed by atoms with van der Waals surface area (Å²) >= 11 is 4.76. The normalized spacial score (nSPS) is 35.8. The molecular formula is C101H192Br2Cl8SiZr4. The third kappa shape index (κ3) is 45.4. The third-order valence-electron chi connectivity index (χ3n) is 32.0. The molecule has 686 valence electrons. The summed E-state index contributed by atoms with van der Waals surface area (Å²) in [5, 5.41) is 0. The van der Waals surface area contributed by atoms with Crippen molar-refractivity contribution >= 4 is 108 Å². The van der Waals surface area contributed by atoms with E-state index in [-0.39, 0.29) is 59.4 Å². The molecule has 0 aliphatic heterocycles. The van der Waals surface area contributed by atoms with Crippen LogP contribution in [-0.4, -0.2) is 17.7 Å². The molecule has 0 bridgehead atoms. The van der Waals surface area contributed by atoms with Gasteiger partial charge in [-0.3, -0.25) is 0 Å². The molecule has 17 aliphatic rings. The van der Waals surface area contributed by atoms with Crippen LogP contribution in [-0.2, 0) is 83.4 Å². The second-order valence-electron chi connectivity index (χ2n) is 42.7. The molecule has 17 saturated carbocycles. The van der Waals surface area contributed by atoms with Crippen LogP contribution >= 0.6 is 100.0 Å². The zero-order valence-corrected chi connectivity index (χ0v) is 99.9. The molecule has 0 saturated heterocycles. The second kappa shape index (κ2) is 69.8. The SMILES string of the molecule is CC(C)(C)CC1CCCC1.CC1CC2CC3CCCC3C(Br)C2C1.CC1CC2CC3CCCC3C(Br)C2C1.CC1CC2CC3CCCC3C(C)C2C1.CC1CC2CC3CCCC3C(C3CC3)C2C1.CCCCC1CCCC1.CCCCC1CCCC1.C[Si](C)(C)CC1CCCC1.[CH3-].[CH3-].[CH3-].[CH3-].[CH3-].[CH3-].[CH3-].[CH3-].[Cl][Zr+2][Cl].[Cl][Zr+2][Cl].[Cl][Zr+2][Cl].[Cl][Zr+2][Cl]. The summed E-state index contributed by atoms with van der Waals surface area (Å²) in [5.41, 5.74) is 0.564. The molecule has 0 aromatic rings. The Bertz CT molecular complexity index is 2090. The molecule has 17 aliphatic carbocycles. The van der Waals surface area contributed by atoms with Crippen molar-refractivity contribution in [2.24, 2.45) is 165 Å². The molecule has 0 radical (unpaired) electrons. The van der Waals surface area contributed by atoms with Crippen molar-refractivity contribution in [1.82, 2.24) is 0 Å². The van der Waals surface area contributed by atoms with E-state index in [1.54, 1.807) is 102 Å². The van der Waals surface area contributed by atoms with Gasteiger partial charge in [-0.1, -0.05) is 319 Å². The number of hydrogen-bond donors (Lipinski definition) is 0. The number of rotatable bonds is 10. The number of halogens is 10. The molecule has 0 aromatic carbocycles. The van der Waals surface area contributed by atoms with Gasteiger partial charge in [0.2, 0.25) is 0 Å². The molecule has 0 amide bonds. The summed E-state index contributed by atoms with van der Waals surface area (Å²) in [6.07, 6.45) is 74.7. The van der Waals surface area contributed by atoms with Crippen LogP contribution < -0.4 is 0 Å².